The molecule has 2 saturated heterocycles. The summed E-state index contributed by atoms with van der Waals surface area (Å²) in [5, 5.41) is 0.810. The van der Waals surface area contributed by atoms with Crippen molar-refractivity contribution in [2.75, 3.05) is 45.8 Å². The molecule has 0 spiro atoms. The summed E-state index contributed by atoms with van der Waals surface area (Å²) < 4.78 is 6.61. The Morgan fingerprint density at radius 2 is 1.76 bits per heavy atom. The first kappa shape index (κ1) is 26.9. The van der Waals surface area contributed by atoms with E-state index in [1.807, 2.05) is 37.9 Å². The smallest absolute Gasteiger partial charge is 0.410 e. The minimum absolute atomic E-state index is 0.187. The maximum absolute atomic E-state index is 12.4. The van der Waals surface area contributed by atoms with Crippen molar-refractivity contribution in [3.63, 3.8) is 0 Å². The molecule has 3 heterocycles. The number of piperazine rings is 1. The van der Waals surface area contributed by atoms with Gasteiger partial charge >= 0.3 is 6.09 Å². The molecule has 2 fully saturated rings. The molecule has 5 rings (SSSR count). The van der Waals surface area contributed by atoms with E-state index in [4.69, 9.17) is 21.3 Å². The van der Waals surface area contributed by atoms with Gasteiger partial charge in [-0.1, -0.05) is 17.7 Å². The van der Waals surface area contributed by atoms with Crippen molar-refractivity contribution in [1.82, 2.24) is 19.7 Å². The van der Waals surface area contributed by atoms with Gasteiger partial charge in [-0.05, 0) is 110 Å². The number of hydrogen-bond acceptors (Lipinski definition) is 5. The highest BCUT2D eigenvalue weighted by molar-refractivity contribution is 9.10. The summed E-state index contributed by atoms with van der Waals surface area (Å²) in [6.45, 7) is 12.3. The van der Waals surface area contributed by atoms with E-state index in [1.54, 1.807) is 0 Å². The van der Waals surface area contributed by atoms with E-state index < -0.39 is 5.60 Å². The number of fused-ring (bicyclic) bond motifs is 2. The number of piperidine rings is 1. The fourth-order valence-electron chi connectivity index (χ4n) is 6.06. The summed E-state index contributed by atoms with van der Waals surface area (Å²) in [7, 11) is 0. The number of nitrogens with zero attached hydrogens (tertiary/aromatic N) is 4. The van der Waals surface area contributed by atoms with Crippen LogP contribution in [0.15, 0.2) is 34.9 Å². The molecule has 3 aliphatic rings. The maximum atomic E-state index is 12.4. The molecule has 1 atom stereocenters. The molecule has 6 nitrogen and oxygen atoms in total. The molecule has 0 N–H and O–H groups in total. The minimum Gasteiger partial charge on any atom is -0.444 e. The molecular weight excluding hydrogens is 552 g/mol. The third-order valence-corrected chi connectivity index (χ3v) is 8.59. The van der Waals surface area contributed by atoms with Gasteiger partial charge in [0.05, 0.1) is 5.69 Å². The van der Waals surface area contributed by atoms with Crippen molar-refractivity contribution in [2.45, 2.75) is 64.0 Å². The maximum Gasteiger partial charge on any atom is 0.410 e. The van der Waals surface area contributed by atoms with E-state index in [1.165, 1.54) is 22.4 Å². The van der Waals surface area contributed by atoms with Gasteiger partial charge in [0.25, 0.3) is 0 Å². The van der Waals surface area contributed by atoms with Crippen LogP contribution in [0.2, 0.25) is 5.02 Å². The van der Waals surface area contributed by atoms with Gasteiger partial charge in [0.2, 0.25) is 0 Å². The monoisotopic (exact) mass is 588 g/mol. The molecule has 8 heteroatoms. The highest BCUT2D eigenvalue weighted by Gasteiger charge is 2.33. The summed E-state index contributed by atoms with van der Waals surface area (Å²) in [5.74, 6) is 0.256. The third-order valence-electron chi connectivity index (χ3n) is 7.92. The van der Waals surface area contributed by atoms with Crippen LogP contribution < -0.4 is 0 Å². The van der Waals surface area contributed by atoms with Gasteiger partial charge in [-0.15, -0.1) is 0 Å². The number of ether oxygens (including phenoxy) is 1. The summed E-state index contributed by atoms with van der Waals surface area (Å²) in [6, 6.07) is 9.22. The Labute approximate surface area is 234 Å². The molecule has 2 aromatic rings. The van der Waals surface area contributed by atoms with Crippen molar-refractivity contribution < 1.29 is 9.53 Å². The Hall–Kier alpha value is -1.67. The number of carbonyl (C=O) groups is 1. The number of hydrogen-bond donors (Lipinski definition) is 0. The van der Waals surface area contributed by atoms with Crippen LogP contribution in [0.5, 0.6) is 0 Å². The first-order valence-corrected chi connectivity index (χ1v) is 14.7. The van der Waals surface area contributed by atoms with Crippen molar-refractivity contribution >= 4 is 33.6 Å². The summed E-state index contributed by atoms with van der Waals surface area (Å²) in [6.07, 6.45) is 6.06. The average molecular weight is 590 g/mol. The molecule has 1 amide bonds. The largest absolute Gasteiger partial charge is 0.444 e. The standard InChI is InChI=1S/C29H38BrClN4O2/c1-29(2,3)37-28(36)35-14-12-34(13-15-35)24-8-10-33(11-9-24)19-26-25-7-6-23(31)17-20(25)4-5-21-16-22(30)18-32-27(21)26/h6-7,16-18,24,26H,4-5,8-15,19H2,1-3H3. The van der Waals surface area contributed by atoms with Crippen LogP contribution in [0, 0.1) is 0 Å². The molecular formula is C29H38BrClN4O2. The fraction of sp³-hybridized carbons (Fsp3) is 0.586. The van der Waals surface area contributed by atoms with Crippen LogP contribution in [-0.2, 0) is 17.6 Å². The second kappa shape index (κ2) is 11.2. The Morgan fingerprint density at radius 1 is 1.05 bits per heavy atom. The fourth-order valence-corrected chi connectivity index (χ4v) is 6.63. The predicted octanol–water partition coefficient (Wildman–Crippen LogP) is 5.75. The topological polar surface area (TPSA) is 48.9 Å². The van der Waals surface area contributed by atoms with Gasteiger partial charge in [-0.2, -0.15) is 0 Å². The quantitative estimate of drug-likeness (QED) is 0.457. The lowest BCUT2D eigenvalue weighted by molar-refractivity contribution is 0.00573. The van der Waals surface area contributed by atoms with E-state index >= 15 is 0 Å². The summed E-state index contributed by atoms with van der Waals surface area (Å²) in [4.78, 5) is 24.4. The number of halogens is 2. The highest BCUT2D eigenvalue weighted by atomic mass is 79.9. The molecule has 37 heavy (non-hydrogen) atoms. The van der Waals surface area contributed by atoms with Gasteiger partial charge in [0.1, 0.15) is 5.60 Å². The first-order chi connectivity index (χ1) is 17.7. The number of carbonyl (C=O) groups excluding carboxylic acids is 1. The Kier molecular flexibility index (Phi) is 8.15. The molecule has 2 aliphatic heterocycles. The molecule has 0 saturated carbocycles. The van der Waals surface area contributed by atoms with Crippen LogP contribution in [0.4, 0.5) is 4.79 Å². The number of benzene rings is 1. The lowest BCUT2D eigenvalue weighted by Crippen LogP contribution is -2.55. The van der Waals surface area contributed by atoms with Gasteiger partial charge < -0.3 is 14.5 Å². The number of likely N-dealkylation sites (tertiary alicyclic amines) is 1. The Morgan fingerprint density at radius 3 is 2.46 bits per heavy atom. The van der Waals surface area contributed by atoms with E-state index in [0.29, 0.717) is 6.04 Å². The molecule has 1 aliphatic carbocycles. The van der Waals surface area contributed by atoms with Crippen LogP contribution in [0.25, 0.3) is 0 Å². The number of pyridine rings is 1. The number of aryl methyl sites for hydroxylation is 2. The Balaban J connectivity index is 1.21. The van der Waals surface area contributed by atoms with Crippen molar-refractivity contribution in [2.24, 2.45) is 0 Å². The van der Waals surface area contributed by atoms with Gasteiger partial charge in [0.15, 0.2) is 0 Å². The SMILES string of the molecule is CC(C)(C)OC(=O)N1CCN(C2CCN(CC3c4ccc(Cl)cc4CCc4cc(Br)cnc43)CC2)CC1. The van der Waals surface area contributed by atoms with E-state index in [-0.39, 0.29) is 12.0 Å². The zero-order chi connectivity index (χ0) is 26.2. The number of aromatic nitrogens is 1. The zero-order valence-electron chi connectivity index (χ0n) is 22.2. The van der Waals surface area contributed by atoms with Crippen LogP contribution in [-0.4, -0.2) is 83.2 Å². The second-order valence-corrected chi connectivity index (χ2v) is 13.0. The predicted molar refractivity (Wildman–Crippen MR) is 151 cm³/mol. The van der Waals surface area contributed by atoms with Gasteiger partial charge in [-0.25, -0.2) is 4.79 Å². The summed E-state index contributed by atoms with van der Waals surface area (Å²) in [5.41, 5.74) is 4.83. The normalized spacial score (nSPS) is 21.8. The molecule has 0 radical (unpaired) electrons. The lowest BCUT2D eigenvalue weighted by atomic mass is 9.90. The highest BCUT2D eigenvalue weighted by Crippen LogP contribution is 2.36. The lowest BCUT2D eigenvalue weighted by Gasteiger charge is -2.43. The molecule has 1 aromatic carbocycles. The minimum atomic E-state index is -0.447. The van der Waals surface area contributed by atoms with E-state index in [2.05, 4.69) is 43.9 Å². The van der Waals surface area contributed by atoms with Gasteiger partial charge in [0, 0.05) is 60.4 Å². The Bertz CT molecular complexity index is 1070. The third kappa shape index (κ3) is 6.49. The van der Waals surface area contributed by atoms with Crippen LogP contribution in [0.1, 0.15) is 61.9 Å². The van der Waals surface area contributed by atoms with E-state index in [9.17, 15) is 4.79 Å². The second-order valence-electron chi connectivity index (χ2n) is 11.6. The van der Waals surface area contributed by atoms with Crippen LogP contribution >= 0.6 is 27.5 Å². The van der Waals surface area contributed by atoms with Crippen molar-refractivity contribution in [3.05, 3.63) is 62.3 Å². The number of rotatable bonds is 3. The van der Waals surface area contributed by atoms with Crippen LogP contribution in [0.3, 0.4) is 0 Å². The summed E-state index contributed by atoms with van der Waals surface area (Å²) >= 11 is 10.0. The van der Waals surface area contributed by atoms with Crippen molar-refractivity contribution in [3.8, 4) is 0 Å². The average Bonchev–Trinajstić information content (AvgIpc) is 3.00. The zero-order valence-corrected chi connectivity index (χ0v) is 24.5. The van der Waals surface area contributed by atoms with Gasteiger partial charge in [-0.3, -0.25) is 9.88 Å². The molecule has 1 unspecified atom stereocenters. The number of amides is 1. The first-order valence-electron chi connectivity index (χ1n) is 13.5. The molecule has 0 bridgehead atoms. The molecule has 200 valence electrons. The molecule has 1 aromatic heterocycles. The van der Waals surface area contributed by atoms with Crippen molar-refractivity contribution in [1.29, 1.82) is 0 Å². The van der Waals surface area contributed by atoms with E-state index in [0.717, 1.165) is 81.0 Å².